The molecule has 4 nitrogen and oxygen atoms in total. The van der Waals surface area contributed by atoms with Crippen molar-refractivity contribution >= 4 is 17.4 Å². The topological polar surface area (TPSA) is 46.6 Å². The van der Waals surface area contributed by atoms with Gasteiger partial charge in [0, 0.05) is 18.7 Å². The Morgan fingerprint density at radius 2 is 2.22 bits per heavy atom. The van der Waals surface area contributed by atoms with E-state index in [1.165, 1.54) is 0 Å². The molecule has 0 bridgehead atoms. The third kappa shape index (κ3) is 2.53. The highest BCUT2D eigenvalue weighted by molar-refractivity contribution is 5.92. The first-order valence-corrected chi connectivity index (χ1v) is 6.16. The molecule has 0 unspecified atom stereocenters. The van der Waals surface area contributed by atoms with Crippen molar-refractivity contribution in [1.82, 2.24) is 0 Å². The van der Waals surface area contributed by atoms with E-state index in [0.29, 0.717) is 25.1 Å². The molecule has 2 rings (SSSR count). The smallest absolute Gasteiger partial charge is 0.338 e. The Kier molecular flexibility index (Phi) is 3.65. The lowest BCUT2D eigenvalue weighted by Gasteiger charge is -2.18. The van der Waals surface area contributed by atoms with Gasteiger partial charge in [0.1, 0.15) is 0 Å². The van der Waals surface area contributed by atoms with Crippen LogP contribution in [0.25, 0.3) is 0 Å². The first-order valence-electron chi connectivity index (χ1n) is 6.16. The van der Waals surface area contributed by atoms with Gasteiger partial charge in [-0.15, -0.1) is 0 Å². The summed E-state index contributed by atoms with van der Waals surface area (Å²) in [5.74, 6) is -0.0267. The molecular weight excluding hydrogens is 230 g/mol. The van der Waals surface area contributed by atoms with E-state index in [4.69, 9.17) is 4.74 Å². The Hall–Kier alpha value is -1.84. The molecule has 0 aliphatic carbocycles. The highest BCUT2D eigenvalue weighted by Crippen LogP contribution is 2.22. The Bertz CT molecular complexity index is 482. The van der Waals surface area contributed by atoms with Gasteiger partial charge < -0.3 is 9.64 Å². The van der Waals surface area contributed by atoms with Crippen LogP contribution in [0.1, 0.15) is 29.3 Å². The minimum atomic E-state index is -0.293. The van der Waals surface area contributed by atoms with Gasteiger partial charge in [-0.1, -0.05) is 0 Å². The number of aryl methyl sites for hydroxylation is 1. The van der Waals surface area contributed by atoms with Gasteiger partial charge in [0.15, 0.2) is 5.78 Å². The molecule has 1 heterocycles. The number of carbonyl (C=O) groups is 2. The summed E-state index contributed by atoms with van der Waals surface area (Å²) in [5, 5.41) is 0. The SMILES string of the molecule is CCOC(=O)c1ccc(N2CCC(=O)C2)cc1C. The number of anilines is 1. The summed E-state index contributed by atoms with van der Waals surface area (Å²) in [6, 6.07) is 5.58. The van der Waals surface area contributed by atoms with Crippen LogP contribution in [0, 0.1) is 6.92 Å². The first kappa shape index (κ1) is 12.6. The molecule has 1 aliphatic heterocycles. The molecule has 0 spiro atoms. The number of hydrogen-bond acceptors (Lipinski definition) is 4. The number of ether oxygens (including phenoxy) is 1. The van der Waals surface area contributed by atoms with E-state index in [1.54, 1.807) is 13.0 Å². The van der Waals surface area contributed by atoms with Crippen LogP contribution in [-0.2, 0) is 9.53 Å². The van der Waals surface area contributed by atoms with E-state index in [-0.39, 0.29) is 11.8 Å². The molecule has 1 aromatic carbocycles. The van der Waals surface area contributed by atoms with E-state index in [2.05, 4.69) is 0 Å². The molecule has 4 heteroatoms. The number of hydrogen-bond donors (Lipinski definition) is 0. The summed E-state index contributed by atoms with van der Waals surface area (Å²) >= 11 is 0. The van der Waals surface area contributed by atoms with E-state index >= 15 is 0 Å². The molecule has 0 N–H and O–H groups in total. The second kappa shape index (κ2) is 5.21. The zero-order chi connectivity index (χ0) is 13.1. The average Bonchev–Trinajstić information content (AvgIpc) is 2.76. The van der Waals surface area contributed by atoms with Gasteiger partial charge >= 0.3 is 5.97 Å². The molecule has 1 aromatic rings. The van der Waals surface area contributed by atoms with Crippen molar-refractivity contribution in [2.24, 2.45) is 0 Å². The number of rotatable bonds is 3. The summed E-state index contributed by atoms with van der Waals surface area (Å²) in [4.78, 5) is 24.9. The lowest BCUT2D eigenvalue weighted by atomic mass is 10.1. The fourth-order valence-corrected chi connectivity index (χ4v) is 2.13. The minimum Gasteiger partial charge on any atom is -0.462 e. The standard InChI is InChI=1S/C14H17NO3/c1-3-18-14(17)13-5-4-11(8-10(13)2)15-7-6-12(16)9-15/h4-5,8H,3,6-7,9H2,1-2H3. The molecule has 0 aromatic heterocycles. The Morgan fingerprint density at radius 3 is 2.78 bits per heavy atom. The number of Topliss-reactive ketones (excluding diaryl/α,β-unsaturated/α-hetero) is 1. The first-order chi connectivity index (χ1) is 8.61. The predicted molar refractivity (Wildman–Crippen MR) is 69.0 cm³/mol. The highest BCUT2D eigenvalue weighted by Gasteiger charge is 2.20. The van der Waals surface area contributed by atoms with E-state index in [9.17, 15) is 9.59 Å². The second-order valence-electron chi connectivity index (χ2n) is 4.43. The highest BCUT2D eigenvalue weighted by atomic mass is 16.5. The predicted octanol–water partition coefficient (Wildman–Crippen LogP) is 1.95. The second-order valence-corrected chi connectivity index (χ2v) is 4.43. The van der Waals surface area contributed by atoms with Crippen LogP contribution in [0.2, 0.25) is 0 Å². The summed E-state index contributed by atoms with van der Waals surface area (Å²) < 4.78 is 4.98. The van der Waals surface area contributed by atoms with E-state index in [1.807, 2.05) is 24.0 Å². The summed E-state index contributed by atoms with van der Waals surface area (Å²) in [6.45, 7) is 5.28. The van der Waals surface area contributed by atoms with Gasteiger partial charge in [-0.25, -0.2) is 4.79 Å². The molecule has 18 heavy (non-hydrogen) atoms. The van der Waals surface area contributed by atoms with Gasteiger partial charge in [-0.2, -0.15) is 0 Å². The van der Waals surface area contributed by atoms with Crippen LogP contribution in [0.3, 0.4) is 0 Å². The van der Waals surface area contributed by atoms with Crippen molar-refractivity contribution in [2.75, 3.05) is 24.6 Å². The largest absolute Gasteiger partial charge is 0.462 e. The fourth-order valence-electron chi connectivity index (χ4n) is 2.13. The van der Waals surface area contributed by atoms with Crippen LogP contribution in [0.4, 0.5) is 5.69 Å². The molecule has 1 fully saturated rings. The lowest BCUT2D eigenvalue weighted by molar-refractivity contribution is -0.116. The fraction of sp³-hybridized carbons (Fsp3) is 0.429. The average molecular weight is 247 g/mol. The summed E-state index contributed by atoms with van der Waals surface area (Å²) in [6.07, 6.45) is 0.610. The van der Waals surface area contributed by atoms with Gasteiger partial charge in [-0.3, -0.25) is 4.79 Å². The monoisotopic (exact) mass is 247 g/mol. The number of nitrogens with zero attached hydrogens (tertiary/aromatic N) is 1. The van der Waals surface area contributed by atoms with Crippen molar-refractivity contribution in [3.8, 4) is 0 Å². The van der Waals surface area contributed by atoms with Crippen molar-refractivity contribution in [1.29, 1.82) is 0 Å². The van der Waals surface area contributed by atoms with Gasteiger partial charge in [-0.05, 0) is 37.6 Å². The number of ketones is 1. The van der Waals surface area contributed by atoms with Gasteiger partial charge in [0.05, 0.1) is 18.7 Å². The summed E-state index contributed by atoms with van der Waals surface area (Å²) in [5.41, 5.74) is 2.46. The van der Waals surface area contributed by atoms with Gasteiger partial charge in [0.25, 0.3) is 0 Å². The van der Waals surface area contributed by atoms with Crippen LogP contribution < -0.4 is 4.90 Å². The van der Waals surface area contributed by atoms with Crippen molar-refractivity contribution in [3.63, 3.8) is 0 Å². The molecule has 0 amide bonds. The third-order valence-corrected chi connectivity index (χ3v) is 3.10. The van der Waals surface area contributed by atoms with E-state index < -0.39 is 0 Å². The van der Waals surface area contributed by atoms with Crippen LogP contribution >= 0.6 is 0 Å². The Morgan fingerprint density at radius 1 is 1.44 bits per heavy atom. The molecular formula is C14H17NO3. The zero-order valence-corrected chi connectivity index (χ0v) is 10.7. The molecule has 1 aliphatic rings. The minimum absolute atomic E-state index is 0.266. The number of esters is 1. The Balaban J connectivity index is 2.19. The van der Waals surface area contributed by atoms with Crippen LogP contribution in [0.15, 0.2) is 18.2 Å². The maximum atomic E-state index is 11.7. The van der Waals surface area contributed by atoms with Gasteiger partial charge in [0.2, 0.25) is 0 Å². The molecule has 96 valence electrons. The van der Waals surface area contributed by atoms with E-state index in [0.717, 1.165) is 17.8 Å². The van der Waals surface area contributed by atoms with Crippen LogP contribution in [0.5, 0.6) is 0 Å². The number of carbonyl (C=O) groups excluding carboxylic acids is 2. The number of benzene rings is 1. The van der Waals surface area contributed by atoms with Crippen molar-refractivity contribution in [3.05, 3.63) is 29.3 Å². The Labute approximate surface area is 107 Å². The molecule has 0 atom stereocenters. The third-order valence-electron chi connectivity index (χ3n) is 3.10. The quantitative estimate of drug-likeness (QED) is 0.766. The molecule has 0 saturated carbocycles. The lowest BCUT2D eigenvalue weighted by Crippen LogP contribution is -2.20. The van der Waals surface area contributed by atoms with Crippen LogP contribution in [-0.4, -0.2) is 31.4 Å². The van der Waals surface area contributed by atoms with Crippen molar-refractivity contribution in [2.45, 2.75) is 20.3 Å². The summed E-state index contributed by atoms with van der Waals surface area (Å²) in [7, 11) is 0. The van der Waals surface area contributed by atoms with Crippen molar-refractivity contribution < 1.29 is 14.3 Å². The molecule has 1 saturated heterocycles. The zero-order valence-electron chi connectivity index (χ0n) is 10.7. The normalized spacial score (nSPS) is 15.0. The maximum absolute atomic E-state index is 11.7. The maximum Gasteiger partial charge on any atom is 0.338 e. The molecule has 0 radical (unpaired) electrons.